The molecule has 5 aromatic rings. The van der Waals surface area contributed by atoms with Gasteiger partial charge in [-0.05, 0) is 36.2 Å². The number of hydrogen-bond acceptors (Lipinski definition) is 5. The number of rotatable bonds is 5. The van der Waals surface area contributed by atoms with Gasteiger partial charge in [0.25, 0.3) is 0 Å². The molecule has 0 radical (unpaired) electrons. The number of benzene rings is 2. The van der Waals surface area contributed by atoms with Crippen LogP contribution in [0.3, 0.4) is 0 Å². The molecule has 174 valence electrons. The van der Waals surface area contributed by atoms with Crippen LogP contribution in [0.2, 0.25) is 0 Å². The SMILES string of the molecule is CCCc1ccc2c(c1)sc1nc(-c3ccc(NC(=O)Nc4cc(C(C)(C)C)on4)cc3)cn12. The maximum absolute atomic E-state index is 12.3. The molecule has 0 spiro atoms. The highest BCUT2D eigenvalue weighted by Crippen LogP contribution is 2.31. The fraction of sp³-hybridized carbons (Fsp3) is 0.269. The number of amides is 2. The van der Waals surface area contributed by atoms with Crippen LogP contribution in [0.4, 0.5) is 16.3 Å². The minimum atomic E-state index is -0.377. The number of hydrogen-bond donors (Lipinski definition) is 2. The minimum Gasteiger partial charge on any atom is -0.359 e. The zero-order valence-electron chi connectivity index (χ0n) is 19.7. The van der Waals surface area contributed by atoms with Gasteiger partial charge in [-0.3, -0.25) is 9.72 Å². The summed E-state index contributed by atoms with van der Waals surface area (Å²) >= 11 is 1.71. The first-order valence-electron chi connectivity index (χ1n) is 11.4. The van der Waals surface area contributed by atoms with Crippen LogP contribution in [0.5, 0.6) is 0 Å². The molecule has 8 heteroatoms. The van der Waals surface area contributed by atoms with Crippen molar-refractivity contribution in [1.29, 1.82) is 0 Å². The summed E-state index contributed by atoms with van der Waals surface area (Å²) in [7, 11) is 0. The fourth-order valence-electron chi connectivity index (χ4n) is 3.82. The van der Waals surface area contributed by atoms with Crippen LogP contribution in [0, 0.1) is 0 Å². The third-order valence-electron chi connectivity index (χ3n) is 5.63. The number of aromatic nitrogens is 3. The summed E-state index contributed by atoms with van der Waals surface area (Å²) in [6.45, 7) is 8.27. The van der Waals surface area contributed by atoms with Gasteiger partial charge in [-0.1, -0.05) is 68.8 Å². The average Bonchev–Trinajstić information content (AvgIpc) is 3.49. The molecular weight excluding hydrogens is 446 g/mol. The number of anilines is 2. The molecule has 2 N–H and O–H groups in total. The van der Waals surface area contributed by atoms with Crippen LogP contribution >= 0.6 is 11.3 Å². The zero-order chi connectivity index (χ0) is 23.9. The second-order valence-electron chi connectivity index (χ2n) is 9.42. The second-order valence-corrected chi connectivity index (χ2v) is 10.4. The smallest absolute Gasteiger partial charge is 0.324 e. The molecule has 0 saturated carbocycles. The van der Waals surface area contributed by atoms with E-state index < -0.39 is 0 Å². The molecule has 0 atom stereocenters. The van der Waals surface area contributed by atoms with Gasteiger partial charge in [0.1, 0.15) is 5.76 Å². The van der Waals surface area contributed by atoms with Gasteiger partial charge in [0.15, 0.2) is 10.8 Å². The number of aryl methyl sites for hydroxylation is 1. The van der Waals surface area contributed by atoms with Crippen molar-refractivity contribution in [3.63, 3.8) is 0 Å². The van der Waals surface area contributed by atoms with Crippen LogP contribution in [-0.4, -0.2) is 20.6 Å². The molecule has 0 bridgehead atoms. The van der Waals surface area contributed by atoms with Crippen molar-refractivity contribution in [1.82, 2.24) is 14.5 Å². The summed E-state index contributed by atoms with van der Waals surface area (Å²) in [5.41, 5.74) is 4.94. The Balaban J connectivity index is 1.28. The van der Waals surface area contributed by atoms with E-state index in [0.717, 1.165) is 29.1 Å². The Morgan fingerprint density at radius 3 is 2.59 bits per heavy atom. The minimum absolute atomic E-state index is 0.175. The first-order chi connectivity index (χ1) is 16.3. The van der Waals surface area contributed by atoms with Crippen LogP contribution in [0.25, 0.3) is 26.4 Å². The van der Waals surface area contributed by atoms with Crippen molar-refractivity contribution < 1.29 is 9.32 Å². The van der Waals surface area contributed by atoms with Crippen molar-refractivity contribution >= 4 is 44.1 Å². The van der Waals surface area contributed by atoms with E-state index in [0.29, 0.717) is 17.3 Å². The van der Waals surface area contributed by atoms with E-state index in [4.69, 9.17) is 9.51 Å². The molecule has 5 rings (SSSR count). The lowest BCUT2D eigenvalue weighted by Crippen LogP contribution is -2.19. The van der Waals surface area contributed by atoms with Crippen molar-refractivity contribution in [3.8, 4) is 11.3 Å². The highest BCUT2D eigenvalue weighted by molar-refractivity contribution is 7.23. The number of fused-ring (bicyclic) bond motifs is 3. The average molecular weight is 474 g/mol. The van der Waals surface area contributed by atoms with E-state index in [1.165, 1.54) is 15.8 Å². The van der Waals surface area contributed by atoms with Crippen LogP contribution in [0.1, 0.15) is 45.4 Å². The summed E-state index contributed by atoms with van der Waals surface area (Å²) in [5, 5.41) is 9.44. The van der Waals surface area contributed by atoms with Crippen molar-refractivity contribution in [2.75, 3.05) is 10.6 Å². The molecule has 0 aliphatic carbocycles. The Bertz CT molecular complexity index is 1470. The van der Waals surface area contributed by atoms with Gasteiger partial charge in [0.05, 0.1) is 15.9 Å². The molecular formula is C26H27N5O2S. The first-order valence-corrected chi connectivity index (χ1v) is 12.2. The Morgan fingerprint density at radius 1 is 1.09 bits per heavy atom. The van der Waals surface area contributed by atoms with Gasteiger partial charge in [-0.15, -0.1) is 0 Å². The van der Waals surface area contributed by atoms with Crippen LogP contribution in [0.15, 0.2) is 59.3 Å². The molecule has 3 heterocycles. The van der Waals surface area contributed by atoms with E-state index >= 15 is 0 Å². The molecule has 0 saturated heterocycles. The molecule has 7 nitrogen and oxygen atoms in total. The van der Waals surface area contributed by atoms with Crippen molar-refractivity contribution in [3.05, 3.63) is 66.1 Å². The highest BCUT2D eigenvalue weighted by Gasteiger charge is 2.20. The number of thiazole rings is 1. The molecule has 2 amide bonds. The molecule has 2 aromatic carbocycles. The van der Waals surface area contributed by atoms with Gasteiger partial charge >= 0.3 is 6.03 Å². The van der Waals surface area contributed by atoms with Crippen molar-refractivity contribution in [2.45, 2.75) is 46.0 Å². The maximum Gasteiger partial charge on any atom is 0.324 e. The molecule has 34 heavy (non-hydrogen) atoms. The first kappa shape index (κ1) is 22.2. The Hall–Kier alpha value is -3.65. The summed E-state index contributed by atoms with van der Waals surface area (Å²) < 4.78 is 8.71. The Morgan fingerprint density at radius 2 is 1.88 bits per heavy atom. The van der Waals surface area contributed by atoms with Gasteiger partial charge in [0.2, 0.25) is 0 Å². The van der Waals surface area contributed by atoms with E-state index in [1.54, 1.807) is 17.4 Å². The summed E-state index contributed by atoms with van der Waals surface area (Å²) in [5.74, 6) is 1.09. The lowest BCUT2D eigenvalue weighted by atomic mass is 9.93. The molecule has 0 aliphatic heterocycles. The number of urea groups is 1. The summed E-state index contributed by atoms with van der Waals surface area (Å²) in [6, 6.07) is 15.6. The maximum atomic E-state index is 12.3. The largest absolute Gasteiger partial charge is 0.359 e. The number of nitrogens with one attached hydrogen (secondary N) is 2. The topological polar surface area (TPSA) is 84.5 Å². The monoisotopic (exact) mass is 473 g/mol. The van der Waals surface area contributed by atoms with Gasteiger partial charge < -0.3 is 9.84 Å². The Labute approximate surface area is 201 Å². The van der Waals surface area contributed by atoms with Crippen molar-refractivity contribution in [2.24, 2.45) is 0 Å². The zero-order valence-corrected chi connectivity index (χ0v) is 20.5. The van der Waals surface area contributed by atoms with Crippen LogP contribution < -0.4 is 10.6 Å². The quantitative estimate of drug-likeness (QED) is 0.285. The normalized spacial score (nSPS) is 11.9. The van der Waals surface area contributed by atoms with E-state index in [1.807, 2.05) is 45.0 Å². The Kier molecular flexibility index (Phi) is 5.61. The number of imidazole rings is 1. The van der Waals surface area contributed by atoms with Gasteiger partial charge in [0, 0.05) is 28.9 Å². The van der Waals surface area contributed by atoms with E-state index in [2.05, 4.69) is 51.5 Å². The predicted molar refractivity (Wildman–Crippen MR) is 138 cm³/mol. The van der Waals surface area contributed by atoms with Gasteiger partial charge in [-0.25, -0.2) is 9.78 Å². The number of nitrogens with zero attached hydrogens (tertiary/aromatic N) is 3. The molecule has 0 aliphatic rings. The van der Waals surface area contributed by atoms with E-state index in [9.17, 15) is 4.79 Å². The molecule has 0 fully saturated rings. The van der Waals surface area contributed by atoms with Crippen LogP contribution in [-0.2, 0) is 11.8 Å². The lowest BCUT2D eigenvalue weighted by molar-refractivity contribution is 0.262. The van der Waals surface area contributed by atoms with E-state index in [-0.39, 0.29) is 11.4 Å². The van der Waals surface area contributed by atoms with Gasteiger partial charge in [-0.2, -0.15) is 0 Å². The third-order valence-corrected chi connectivity index (χ3v) is 6.64. The molecule has 0 unspecified atom stereocenters. The fourth-order valence-corrected chi connectivity index (χ4v) is 4.89. The highest BCUT2D eigenvalue weighted by atomic mass is 32.1. The second kappa shape index (κ2) is 8.61. The summed E-state index contributed by atoms with van der Waals surface area (Å²) in [4.78, 5) is 18.2. The standard InChI is InChI=1S/C26H27N5O2S/c1-5-6-16-7-12-20-21(13-16)34-25-28-19(15-31(20)25)17-8-10-18(11-9-17)27-24(32)29-23-14-22(33-30-23)26(2,3)4/h7-15H,5-6H2,1-4H3,(H2,27,29,30,32). The summed E-state index contributed by atoms with van der Waals surface area (Å²) in [6.07, 6.45) is 4.31. The molecule has 3 aromatic heterocycles. The number of carbonyl (C=O) groups is 1. The number of carbonyl (C=O) groups excluding carboxylic acids is 1. The lowest BCUT2D eigenvalue weighted by Gasteiger charge is -2.12. The third kappa shape index (κ3) is 4.41. The predicted octanol–water partition coefficient (Wildman–Crippen LogP) is 7.10.